The minimum Gasteiger partial charge on any atom is -0.481 e. The molecule has 0 saturated carbocycles. The summed E-state index contributed by atoms with van der Waals surface area (Å²) >= 11 is 0. The summed E-state index contributed by atoms with van der Waals surface area (Å²) in [6.45, 7) is 0.679. The molecule has 1 aromatic rings. The molecule has 24 heavy (non-hydrogen) atoms. The van der Waals surface area contributed by atoms with E-state index in [9.17, 15) is 22.8 Å². The van der Waals surface area contributed by atoms with Gasteiger partial charge in [-0.05, 0) is 17.7 Å². The van der Waals surface area contributed by atoms with Crippen molar-refractivity contribution in [3.05, 3.63) is 29.8 Å². The largest absolute Gasteiger partial charge is 0.573 e. The summed E-state index contributed by atoms with van der Waals surface area (Å²) in [5.41, 5.74) is 0.378. The Kier molecular flexibility index (Phi) is 5.66. The molecule has 0 spiro atoms. The topological polar surface area (TPSA) is 76.1 Å². The van der Waals surface area contributed by atoms with Gasteiger partial charge in [0, 0.05) is 13.1 Å². The number of carbonyl (C=O) groups is 2. The second-order valence-electron chi connectivity index (χ2n) is 5.30. The monoisotopic (exact) mass is 347 g/mol. The molecule has 0 radical (unpaired) electrons. The molecule has 6 nitrogen and oxygen atoms in total. The minimum absolute atomic E-state index is 0.102. The summed E-state index contributed by atoms with van der Waals surface area (Å²) < 4.78 is 45.7. The van der Waals surface area contributed by atoms with Crippen LogP contribution < -0.4 is 4.74 Å². The SMILES string of the molecule is O=C(O)CC1CN(C(=O)Cc2cccc(OC(F)(F)F)c2)CCO1. The summed E-state index contributed by atoms with van der Waals surface area (Å²) in [6, 6.07) is 5.20. The number of hydrogen-bond donors (Lipinski definition) is 1. The molecular formula is C15H16F3NO5. The van der Waals surface area contributed by atoms with E-state index in [-0.39, 0.29) is 31.9 Å². The van der Waals surface area contributed by atoms with Gasteiger partial charge in [-0.1, -0.05) is 12.1 Å². The molecule has 1 aromatic carbocycles. The molecule has 0 aromatic heterocycles. The number of carboxylic acid groups (broad SMARTS) is 1. The number of alkyl halides is 3. The Balaban J connectivity index is 1.96. The number of rotatable bonds is 5. The number of nitrogens with zero attached hydrogens (tertiary/aromatic N) is 1. The number of halogens is 3. The van der Waals surface area contributed by atoms with Gasteiger partial charge in [0.1, 0.15) is 5.75 Å². The van der Waals surface area contributed by atoms with Gasteiger partial charge in [-0.15, -0.1) is 13.2 Å². The van der Waals surface area contributed by atoms with E-state index in [4.69, 9.17) is 9.84 Å². The molecule has 1 N–H and O–H groups in total. The van der Waals surface area contributed by atoms with E-state index < -0.39 is 24.2 Å². The molecule has 132 valence electrons. The maximum absolute atomic E-state index is 12.3. The first-order valence-electron chi connectivity index (χ1n) is 7.19. The highest BCUT2D eigenvalue weighted by Gasteiger charge is 2.31. The number of amides is 1. The van der Waals surface area contributed by atoms with Crippen LogP contribution in [0.5, 0.6) is 5.75 Å². The van der Waals surface area contributed by atoms with Gasteiger partial charge in [0.15, 0.2) is 0 Å². The fourth-order valence-corrected chi connectivity index (χ4v) is 2.40. The zero-order chi connectivity index (χ0) is 17.7. The van der Waals surface area contributed by atoms with Crippen molar-refractivity contribution in [1.82, 2.24) is 4.90 Å². The molecule has 9 heteroatoms. The quantitative estimate of drug-likeness (QED) is 0.879. The van der Waals surface area contributed by atoms with E-state index in [0.29, 0.717) is 12.1 Å². The van der Waals surface area contributed by atoms with E-state index in [0.717, 1.165) is 12.1 Å². The number of benzene rings is 1. The first-order chi connectivity index (χ1) is 11.2. The lowest BCUT2D eigenvalue weighted by Gasteiger charge is -2.32. The highest BCUT2D eigenvalue weighted by atomic mass is 19.4. The van der Waals surface area contributed by atoms with Gasteiger partial charge >= 0.3 is 12.3 Å². The predicted octanol–water partition coefficient (Wildman–Crippen LogP) is 1.83. The molecule has 0 bridgehead atoms. The smallest absolute Gasteiger partial charge is 0.481 e. The zero-order valence-corrected chi connectivity index (χ0v) is 12.6. The van der Waals surface area contributed by atoms with Gasteiger partial charge in [0.05, 0.1) is 25.6 Å². The Morgan fingerprint density at radius 2 is 2.12 bits per heavy atom. The van der Waals surface area contributed by atoms with Crippen LogP contribution in [0.15, 0.2) is 24.3 Å². The Bertz CT molecular complexity index is 605. The summed E-state index contributed by atoms with van der Waals surface area (Å²) in [7, 11) is 0. The van der Waals surface area contributed by atoms with Crippen molar-refractivity contribution in [2.75, 3.05) is 19.7 Å². The molecule has 1 unspecified atom stereocenters. The molecule has 1 amide bonds. The zero-order valence-electron chi connectivity index (χ0n) is 12.6. The van der Waals surface area contributed by atoms with Crippen LogP contribution in [0.3, 0.4) is 0 Å². The van der Waals surface area contributed by atoms with Crippen molar-refractivity contribution in [3.8, 4) is 5.75 Å². The Morgan fingerprint density at radius 3 is 2.79 bits per heavy atom. The lowest BCUT2D eigenvalue weighted by molar-refractivity contribution is -0.274. The maximum Gasteiger partial charge on any atom is 0.573 e. The summed E-state index contributed by atoms with van der Waals surface area (Å²) in [5, 5.41) is 8.76. The van der Waals surface area contributed by atoms with Crippen LogP contribution in [0.25, 0.3) is 0 Å². The maximum atomic E-state index is 12.3. The van der Waals surface area contributed by atoms with Crippen LogP contribution in [0.1, 0.15) is 12.0 Å². The summed E-state index contributed by atoms with van der Waals surface area (Å²) in [6.07, 6.45) is -5.69. The first-order valence-corrected chi connectivity index (χ1v) is 7.19. The first kappa shape index (κ1) is 18.1. The number of morpholine rings is 1. The van der Waals surface area contributed by atoms with Crippen molar-refractivity contribution in [1.29, 1.82) is 0 Å². The van der Waals surface area contributed by atoms with Gasteiger partial charge in [-0.2, -0.15) is 0 Å². The molecule has 0 aliphatic carbocycles. The second-order valence-corrected chi connectivity index (χ2v) is 5.30. The van der Waals surface area contributed by atoms with Crippen molar-refractivity contribution >= 4 is 11.9 Å². The van der Waals surface area contributed by atoms with Gasteiger partial charge in [0.25, 0.3) is 0 Å². The van der Waals surface area contributed by atoms with Gasteiger partial charge < -0.3 is 19.5 Å². The summed E-state index contributed by atoms with van der Waals surface area (Å²) in [4.78, 5) is 24.4. The van der Waals surface area contributed by atoms with Gasteiger partial charge in [0.2, 0.25) is 5.91 Å². The average Bonchev–Trinajstić information content (AvgIpc) is 2.45. The van der Waals surface area contributed by atoms with E-state index in [1.165, 1.54) is 17.0 Å². The number of carboxylic acids is 1. The van der Waals surface area contributed by atoms with Crippen LogP contribution in [0, 0.1) is 0 Å². The van der Waals surface area contributed by atoms with Crippen molar-refractivity contribution in [2.45, 2.75) is 25.3 Å². The van der Waals surface area contributed by atoms with E-state index in [1.54, 1.807) is 0 Å². The lowest BCUT2D eigenvalue weighted by atomic mass is 10.1. The van der Waals surface area contributed by atoms with E-state index >= 15 is 0 Å². The van der Waals surface area contributed by atoms with Gasteiger partial charge in [-0.3, -0.25) is 9.59 Å². The van der Waals surface area contributed by atoms with E-state index in [1.807, 2.05) is 0 Å². The van der Waals surface area contributed by atoms with Crippen LogP contribution in [-0.4, -0.2) is 54.0 Å². The van der Waals surface area contributed by atoms with Crippen LogP contribution in [-0.2, 0) is 20.7 Å². The third kappa shape index (κ3) is 5.73. The molecule has 1 aliphatic heterocycles. The number of carbonyl (C=O) groups excluding carboxylic acids is 1. The number of hydrogen-bond acceptors (Lipinski definition) is 4. The van der Waals surface area contributed by atoms with Crippen LogP contribution in [0.2, 0.25) is 0 Å². The van der Waals surface area contributed by atoms with Gasteiger partial charge in [-0.25, -0.2) is 0 Å². The minimum atomic E-state index is -4.79. The third-order valence-electron chi connectivity index (χ3n) is 3.38. The third-order valence-corrected chi connectivity index (χ3v) is 3.38. The standard InChI is InChI=1S/C15H16F3NO5/c16-15(17,18)24-11-3-1-2-10(6-11)7-13(20)19-4-5-23-12(9-19)8-14(21)22/h1-3,6,12H,4-5,7-9H2,(H,21,22). The molecule has 1 saturated heterocycles. The molecule has 1 heterocycles. The fraction of sp³-hybridized carbons (Fsp3) is 0.467. The Labute approximate surface area is 135 Å². The average molecular weight is 347 g/mol. The molecular weight excluding hydrogens is 331 g/mol. The normalized spacial score (nSPS) is 18.3. The molecule has 1 aliphatic rings. The second kappa shape index (κ2) is 7.52. The highest BCUT2D eigenvalue weighted by molar-refractivity contribution is 5.79. The predicted molar refractivity (Wildman–Crippen MR) is 75.4 cm³/mol. The molecule has 2 rings (SSSR count). The molecule has 1 atom stereocenters. The fourth-order valence-electron chi connectivity index (χ4n) is 2.40. The number of ether oxygens (including phenoxy) is 2. The number of aliphatic carboxylic acids is 1. The summed E-state index contributed by atoms with van der Waals surface area (Å²) in [5.74, 6) is -1.72. The van der Waals surface area contributed by atoms with Crippen molar-refractivity contribution in [2.24, 2.45) is 0 Å². The van der Waals surface area contributed by atoms with E-state index in [2.05, 4.69) is 4.74 Å². The Hall–Kier alpha value is -2.29. The molecule has 1 fully saturated rings. The van der Waals surface area contributed by atoms with Crippen molar-refractivity contribution < 1.29 is 37.3 Å². The highest BCUT2D eigenvalue weighted by Crippen LogP contribution is 2.23. The Morgan fingerprint density at radius 1 is 1.38 bits per heavy atom. The van der Waals surface area contributed by atoms with Crippen molar-refractivity contribution in [3.63, 3.8) is 0 Å². The van der Waals surface area contributed by atoms with Crippen LogP contribution >= 0.6 is 0 Å². The lowest BCUT2D eigenvalue weighted by Crippen LogP contribution is -2.46. The van der Waals surface area contributed by atoms with Crippen LogP contribution in [0.4, 0.5) is 13.2 Å².